The second-order valence-electron chi connectivity index (χ2n) is 5.91. The lowest BCUT2D eigenvalue weighted by Crippen LogP contribution is -2.30. The predicted octanol–water partition coefficient (Wildman–Crippen LogP) is 2.90. The van der Waals surface area contributed by atoms with Crippen LogP contribution in [0.3, 0.4) is 0 Å². The fraction of sp³-hybridized carbons (Fsp3) is 0.100. The number of fused-ring (bicyclic) bond motifs is 3. The number of carbonyl (C=O) groups is 1. The van der Waals surface area contributed by atoms with E-state index in [0.29, 0.717) is 23.3 Å². The van der Waals surface area contributed by atoms with Crippen LogP contribution in [-0.2, 0) is 6.42 Å². The number of primary amides is 1. The number of para-hydroxylation sites is 2. The van der Waals surface area contributed by atoms with Gasteiger partial charge in [0.2, 0.25) is 0 Å². The average Bonchev–Trinajstić information content (AvgIpc) is 3.01. The van der Waals surface area contributed by atoms with Crippen LogP contribution >= 0.6 is 0 Å². The Morgan fingerprint density at radius 2 is 1.68 bits per heavy atom. The fourth-order valence-corrected chi connectivity index (χ4v) is 3.45. The van der Waals surface area contributed by atoms with E-state index in [1.165, 1.54) is 0 Å². The lowest BCUT2D eigenvalue weighted by molar-refractivity contribution is 0.0993. The first-order valence-electron chi connectivity index (χ1n) is 8.16. The molecule has 2 aromatic heterocycles. The molecule has 2 aromatic carbocycles. The highest BCUT2D eigenvalue weighted by Crippen LogP contribution is 2.23. The second-order valence-corrected chi connectivity index (χ2v) is 5.91. The summed E-state index contributed by atoms with van der Waals surface area (Å²) in [5.74, 6) is -0.548. The molecule has 0 aliphatic rings. The van der Waals surface area contributed by atoms with Crippen LogP contribution in [0.1, 0.15) is 23.1 Å². The van der Waals surface area contributed by atoms with Crippen LogP contribution in [0.5, 0.6) is 0 Å². The van der Waals surface area contributed by atoms with Crippen molar-refractivity contribution in [2.45, 2.75) is 13.3 Å². The van der Waals surface area contributed by atoms with Gasteiger partial charge in [0, 0.05) is 11.1 Å². The third-order valence-corrected chi connectivity index (χ3v) is 4.48. The minimum Gasteiger partial charge on any atom is -0.364 e. The lowest BCUT2D eigenvalue weighted by atomic mass is 10.2. The van der Waals surface area contributed by atoms with E-state index in [1.807, 2.05) is 67.6 Å². The van der Waals surface area contributed by atoms with Gasteiger partial charge in [-0.15, -0.1) is 0 Å². The minimum absolute atomic E-state index is 0.163. The topological polar surface area (TPSA) is 69.5 Å². The Balaban J connectivity index is 2.29. The first kappa shape index (κ1) is 15.2. The third-order valence-electron chi connectivity index (χ3n) is 4.48. The molecule has 0 aliphatic carbocycles. The van der Waals surface area contributed by atoms with Gasteiger partial charge in [0.05, 0.1) is 11.2 Å². The van der Waals surface area contributed by atoms with Crippen molar-refractivity contribution in [1.82, 2.24) is 8.97 Å². The monoisotopic (exact) mass is 331 g/mol. The van der Waals surface area contributed by atoms with Gasteiger partial charge in [-0.3, -0.25) is 18.6 Å². The van der Waals surface area contributed by atoms with Crippen molar-refractivity contribution in [2.24, 2.45) is 5.73 Å². The van der Waals surface area contributed by atoms with E-state index in [-0.39, 0.29) is 5.56 Å². The zero-order valence-corrected chi connectivity index (χ0v) is 13.8. The number of benzene rings is 2. The summed E-state index contributed by atoms with van der Waals surface area (Å²) in [4.78, 5) is 25.6. The molecule has 4 aromatic rings. The van der Waals surface area contributed by atoms with E-state index in [1.54, 1.807) is 8.97 Å². The average molecular weight is 331 g/mol. The summed E-state index contributed by atoms with van der Waals surface area (Å²) < 4.78 is 3.28. The van der Waals surface area contributed by atoms with Crippen LogP contribution in [0.15, 0.2) is 65.5 Å². The summed E-state index contributed by atoms with van der Waals surface area (Å²) >= 11 is 0. The Labute approximate surface area is 143 Å². The van der Waals surface area contributed by atoms with Crippen molar-refractivity contribution in [1.29, 1.82) is 0 Å². The predicted molar refractivity (Wildman–Crippen MR) is 98.4 cm³/mol. The van der Waals surface area contributed by atoms with Crippen LogP contribution < -0.4 is 11.3 Å². The van der Waals surface area contributed by atoms with Gasteiger partial charge in [-0.25, -0.2) is 0 Å². The van der Waals surface area contributed by atoms with Crippen LogP contribution in [0.25, 0.3) is 22.1 Å². The van der Waals surface area contributed by atoms with Gasteiger partial charge in [-0.2, -0.15) is 0 Å². The Bertz CT molecular complexity index is 1170. The fourth-order valence-electron chi connectivity index (χ4n) is 3.45. The molecule has 0 unspecified atom stereocenters. The molecule has 0 spiro atoms. The van der Waals surface area contributed by atoms with Gasteiger partial charge >= 0.3 is 0 Å². The summed E-state index contributed by atoms with van der Waals surface area (Å²) in [5, 5.41) is 0.898. The molecule has 5 heteroatoms. The van der Waals surface area contributed by atoms with Crippen molar-refractivity contribution in [3.63, 3.8) is 0 Å². The number of nitrogens with zero attached hydrogens (tertiary/aromatic N) is 2. The maximum atomic E-state index is 13.2. The molecule has 2 N–H and O–H groups in total. The third kappa shape index (κ3) is 2.16. The smallest absolute Gasteiger partial charge is 0.279 e. The molecule has 2 heterocycles. The van der Waals surface area contributed by atoms with Crippen LogP contribution in [-0.4, -0.2) is 14.9 Å². The highest BCUT2D eigenvalue weighted by Gasteiger charge is 2.22. The molecule has 0 saturated carbocycles. The Kier molecular flexibility index (Phi) is 3.42. The molecule has 4 rings (SSSR count). The molecule has 0 atom stereocenters. The molecular formula is C20H17N3O2. The number of rotatable bonds is 3. The number of nitrogens with two attached hydrogens (primary N) is 1. The van der Waals surface area contributed by atoms with Gasteiger partial charge in [0.25, 0.3) is 11.5 Å². The van der Waals surface area contributed by atoms with Crippen molar-refractivity contribution in [3.8, 4) is 5.69 Å². The molecule has 124 valence electrons. The molecule has 1 amide bonds. The lowest BCUT2D eigenvalue weighted by Gasteiger charge is -2.17. The van der Waals surface area contributed by atoms with Crippen molar-refractivity contribution in [3.05, 3.63) is 82.4 Å². The first-order chi connectivity index (χ1) is 12.1. The molecule has 0 bridgehead atoms. The SMILES string of the molecule is CCc1c(C(N)=O)n2c(cc3ccccc32)c(=O)n1-c1ccccc1. The van der Waals surface area contributed by atoms with Gasteiger partial charge in [-0.05, 0) is 30.7 Å². The summed E-state index contributed by atoms with van der Waals surface area (Å²) in [6.45, 7) is 1.91. The largest absolute Gasteiger partial charge is 0.364 e. The summed E-state index contributed by atoms with van der Waals surface area (Å²) in [6.07, 6.45) is 0.505. The van der Waals surface area contributed by atoms with E-state index in [4.69, 9.17) is 5.73 Å². The molecule has 0 aliphatic heterocycles. The first-order valence-corrected chi connectivity index (χ1v) is 8.16. The van der Waals surface area contributed by atoms with Crippen LogP contribution in [0.4, 0.5) is 0 Å². The number of amides is 1. The van der Waals surface area contributed by atoms with Crippen LogP contribution in [0, 0.1) is 0 Å². The summed E-state index contributed by atoms with van der Waals surface area (Å²) in [5.41, 5.74) is 8.49. The molecule has 0 fully saturated rings. The van der Waals surface area contributed by atoms with E-state index in [2.05, 4.69) is 0 Å². The molecule has 25 heavy (non-hydrogen) atoms. The number of hydrogen-bond acceptors (Lipinski definition) is 2. The van der Waals surface area contributed by atoms with Crippen LogP contribution in [0.2, 0.25) is 0 Å². The Hall–Kier alpha value is -3.34. The summed E-state index contributed by atoms with van der Waals surface area (Å²) in [6, 6.07) is 18.7. The quantitative estimate of drug-likeness (QED) is 0.627. The second kappa shape index (κ2) is 5.63. The maximum Gasteiger partial charge on any atom is 0.279 e. The summed E-state index contributed by atoms with van der Waals surface area (Å²) in [7, 11) is 0. The Morgan fingerprint density at radius 3 is 2.36 bits per heavy atom. The number of hydrogen-bond donors (Lipinski definition) is 1. The molecule has 0 radical (unpaired) electrons. The normalized spacial score (nSPS) is 11.2. The zero-order chi connectivity index (χ0) is 17.6. The van der Waals surface area contributed by atoms with E-state index >= 15 is 0 Å². The molecule has 5 nitrogen and oxygen atoms in total. The minimum atomic E-state index is -0.548. The highest BCUT2D eigenvalue weighted by molar-refractivity contribution is 5.97. The van der Waals surface area contributed by atoms with Crippen molar-refractivity contribution >= 4 is 22.3 Å². The molecule has 0 saturated heterocycles. The highest BCUT2D eigenvalue weighted by atomic mass is 16.1. The van der Waals surface area contributed by atoms with Crippen molar-refractivity contribution < 1.29 is 4.79 Å². The van der Waals surface area contributed by atoms with E-state index < -0.39 is 5.91 Å². The molecular weight excluding hydrogens is 314 g/mol. The number of carbonyl (C=O) groups excluding carboxylic acids is 1. The van der Waals surface area contributed by atoms with Crippen molar-refractivity contribution in [2.75, 3.05) is 0 Å². The van der Waals surface area contributed by atoms with Gasteiger partial charge in [-0.1, -0.05) is 43.3 Å². The van der Waals surface area contributed by atoms with Gasteiger partial charge in [0.15, 0.2) is 0 Å². The maximum absolute atomic E-state index is 13.2. The van der Waals surface area contributed by atoms with Gasteiger partial charge in [0.1, 0.15) is 11.2 Å². The standard InChI is InChI=1S/C20H17N3O2/c1-2-15-18(19(21)24)23-16-11-7-6-8-13(16)12-17(23)20(25)22(15)14-9-4-3-5-10-14/h3-12H,2H2,1H3,(H2,21,24). The van der Waals surface area contributed by atoms with E-state index in [9.17, 15) is 9.59 Å². The van der Waals surface area contributed by atoms with Gasteiger partial charge < -0.3 is 5.73 Å². The zero-order valence-electron chi connectivity index (χ0n) is 13.8. The number of aromatic nitrogens is 2. The van der Waals surface area contributed by atoms with E-state index in [0.717, 1.165) is 16.6 Å². The Morgan fingerprint density at radius 1 is 1.00 bits per heavy atom.